The topological polar surface area (TPSA) is 101 Å². The van der Waals surface area contributed by atoms with Crippen molar-refractivity contribution in [2.45, 2.75) is 65.4 Å². The number of hydrogen-bond acceptors (Lipinski definition) is 7. The predicted molar refractivity (Wildman–Crippen MR) is 171 cm³/mol. The molecule has 2 aromatic carbocycles. The number of methoxy groups -OCH3 is 1. The summed E-state index contributed by atoms with van der Waals surface area (Å²) in [5.41, 5.74) is 0.384. The number of nitrogens with zero attached hydrogens (tertiary/aromatic N) is 5. The zero-order chi connectivity index (χ0) is 34.3. The van der Waals surface area contributed by atoms with Gasteiger partial charge in [0.1, 0.15) is 16.9 Å². The highest BCUT2D eigenvalue weighted by molar-refractivity contribution is 6.00. The van der Waals surface area contributed by atoms with Gasteiger partial charge >= 0.3 is 12.3 Å². The molecule has 1 aliphatic rings. The van der Waals surface area contributed by atoms with Crippen molar-refractivity contribution in [3.63, 3.8) is 0 Å². The van der Waals surface area contributed by atoms with Crippen LogP contribution >= 0.6 is 0 Å². The normalized spacial score (nSPS) is 16.6. The summed E-state index contributed by atoms with van der Waals surface area (Å²) in [5, 5.41) is 6.73. The van der Waals surface area contributed by atoms with Crippen LogP contribution in [0.1, 0.15) is 67.8 Å². The number of fused-ring (bicyclic) bond motifs is 1. The number of ether oxygens (including phenoxy) is 2. The Morgan fingerprint density at radius 3 is 2.26 bits per heavy atom. The van der Waals surface area contributed by atoms with E-state index in [0.717, 1.165) is 10.1 Å². The van der Waals surface area contributed by atoms with E-state index in [4.69, 9.17) is 9.47 Å². The van der Waals surface area contributed by atoms with Crippen molar-refractivity contribution in [3.8, 4) is 17.0 Å². The Kier molecular flexibility index (Phi) is 9.22. The smallest absolute Gasteiger partial charge is 0.433 e. The van der Waals surface area contributed by atoms with Crippen LogP contribution in [0.25, 0.3) is 16.9 Å². The molecular formula is C34H39F3N6O4. The number of anilines is 1. The molecule has 0 bridgehead atoms. The fourth-order valence-corrected chi connectivity index (χ4v) is 5.86. The number of alkyl halides is 3. The minimum absolute atomic E-state index is 0.00619. The molecule has 10 nitrogen and oxygen atoms in total. The molecule has 250 valence electrons. The molecule has 47 heavy (non-hydrogen) atoms. The Hall–Kier alpha value is -4.65. The van der Waals surface area contributed by atoms with E-state index in [-0.39, 0.29) is 34.6 Å². The second-order valence-electron chi connectivity index (χ2n) is 12.7. The highest BCUT2D eigenvalue weighted by atomic mass is 19.4. The van der Waals surface area contributed by atoms with Gasteiger partial charge in [-0.3, -0.25) is 15.0 Å². The van der Waals surface area contributed by atoms with E-state index in [0.29, 0.717) is 36.6 Å². The molecule has 1 saturated heterocycles. The predicted octanol–water partition coefficient (Wildman–Crippen LogP) is 6.99. The van der Waals surface area contributed by atoms with E-state index < -0.39 is 29.5 Å². The van der Waals surface area contributed by atoms with Crippen LogP contribution in [0.2, 0.25) is 0 Å². The number of hydrogen-bond donors (Lipinski definition) is 1. The van der Waals surface area contributed by atoms with Crippen molar-refractivity contribution in [3.05, 3.63) is 77.1 Å². The van der Waals surface area contributed by atoms with Crippen molar-refractivity contribution < 1.29 is 32.2 Å². The van der Waals surface area contributed by atoms with Gasteiger partial charge in [0.2, 0.25) is 0 Å². The maximum atomic E-state index is 14.4. The van der Waals surface area contributed by atoms with Crippen LogP contribution in [0.15, 0.2) is 54.7 Å². The van der Waals surface area contributed by atoms with Gasteiger partial charge in [-0.1, -0.05) is 12.1 Å². The molecule has 2 aromatic heterocycles. The lowest BCUT2D eigenvalue weighted by Gasteiger charge is -2.42. The van der Waals surface area contributed by atoms with Crippen molar-refractivity contribution in [2.75, 3.05) is 32.1 Å². The molecule has 0 unspecified atom stereocenters. The van der Waals surface area contributed by atoms with Gasteiger partial charge in [-0.25, -0.2) is 14.3 Å². The number of nitrogens with one attached hydrogen (secondary N) is 1. The lowest BCUT2D eigenvalue weighted by atomic mass is 10.0. The van der Waals surface area contributed by atoms with Crippen LogP contribution in [0.3, 0.4) is 0 Å². The Balaban J connectivity index is 1.35. The summed E-state index contributed by atoms with van der Waals surface area (Å²) in [6, 6.07) is 13.8. The van der Waals surface area contributed by atoms with Crippen LogP contribution in [-0.2, 0) is 10.9 Å². The van der Waals surface area contributed by atoms with Gasteiger partial charge in [0.25, 0.3) is 5.91 Å². The van der Waals surface area contributed by atoms with Gasteiger partial charge in [0, 0.05) is 48.5 Å². The Morgan fingerprint density at radius 1 is 1.02 bits per heavy atom. The molecule has 0 spiro atoms. The second kappa shape index (κ2) is 12.9. The molecule has 5 rings (SSSR count). The third-order valence-corrected chi connectivity index (χ3v) is 8.25. The maximum Gasteiger partial charge on any atom is 0.433 e. The fraction of sp³-hybridized carbons (Fsp3) is 0.412. The maximum absolute atomic E-state index is 14.4. The fourth-order valence-electron chi connectivity index (χ4n) is 5.86. The Labute approximate surface area is 271 Å². The minimum Gasteiger partial charge on any atom is -0.497 e. The summed E-state index contributed by atoms with van der Waals surface area (Å²) >= 11 is 0. The van der Waals surface area contributed by atoms with E-state index in [1.165, 1.54) is 20.2 Å². The molecule has 0 aliphatic carbocycles. The van der Waals surface area contributed by atoms with Gasteiger partial charge in [0.15, 0.2) is 11.3 Å². The van der Waals surface area contributed by atoms with Crippen LogP contribution < -0.4 is 10.1 Å². The molecule has 0 radical (unpaired) electrons. The molecule has 1 N–H and O–H groups in total. The van der Waals surface area contributed by atoms with Crippen molar-refractivity contribution in [1.29, 1.82) is 0 Å². The number of piperazine rings is 1. The monoisotopic (exact) mass is 652 g/mol. The van der Waals surface area contributed by atoms with E-state index in [1.54, 1.807) is 49.9 Å². The van der Waals surface area contributed by atoms with Gasteiger partial charge in [-0.05, 0) is 83.5 Å². The average molecular weight is 653 g/mol. The third-order valence-electron chi connectivity index (χ3n) is 8.25. The van der Waals surface area contributed by atoms with Crippen molar-refractivity contribution in [2.24, 2.45) is 0 Å². The molecule has 4 aromatic rings. The van der Waals surface area contributed by atoms with Crippen molar-refractivity contribution >= 4 is 23.3 Å². The number of rotatable bonds is 6. The van der Waals surface area contributed by atoms with Crippen LogP contribution in [0.4, 0.5) is 23.7 Å². The first kappa shape index (κ1) is 33.7. The molecule has 0 saturated carbocycles. The first-order valence-corrected chi connectivity index (χ1v) is 15.3. The van der Waals surface area contributed by atoms with Gasteiger partial charge in [-0.15, -0.1) is 0 Å². The van der Waals surface area contributed by atoms with Crippen LogP contribution in [0, 0.1) is 6.92 Å². The minimum atomic E-state index is -4.74. The molecule has 3 heterocycles. The molecular weight excluding hydrogens is 613 g/mol. The highest BCUT2D eigenvalue weighted by Gasteiger charge is 2.39. The highest BCUT2D eigenvalue weighted by Crippen LogP contribution is 2.37. The standard InChI is InChI=1S/C34H39F3N6O4/c1-20-19-41(22(3)23-8-12-25(13-9-23)39-32(45)47-33(4,5)6)16-17-42(20)31(44)27-18-38-43-29(34(35,36)37)21(2)28(40-30(27)43)24-10-14-26(46-7)15-11-24/h8-15,18,20,22H,16-17,19H2,1-7H3,(H,39,45)/t20-,22+/m1/s1. The average Bonchev–Trinajstić information content (AvgIpc) is 3.42. The second-order valence-corrected chi connectivity index (χ2v) is 12.7. The third kappa shape index (κ3) is 7.19. The molecule has 1 aliphatic heterocycles. The van der Waals surface area contributed by atoms with E-state index in [9.17, 15) is 22.8 Å². The zero-order valence-corrected chi connectivity index (χ0v) is 27.5. The first-order valence-electron chi connectivity index (χ1n) is 15.3. The van der Waals surface area contributed by atoms with E-state index in [2.05, 4.69) is 27.2 Å². The number of halogens is 3. The number of benzene rings is 2. The number of aromatic nitrogens is 3. The Bertz CT molecular complexity index is 1760. The summed E-state index contributed by atoms with van der Waals surface area (Å²) in [7, 11) is 1.50. The zero-order valence-electron chi connectivity index (χ0n) is 27.5. The summed E-state index contributed by atoms with van der Waals surface area (Å²) in [4.78, 5) is 34.5. The van der Waals surface area contributed by atoms with E-state index >= 15 is 0 Å². The first-order chi connectivity index (χ1) is 22.1. The van der Waals surface area contributed by atoms with Crippen molar-refractivity contribution in [1.82, 2.24) is 24.4 Å². The molecule has 2 amide bonds. The quantitative estimate of drug-likeness (QED) is 0.240. The number of carbonyl (C=O) groups excluding carboxylic acids is 2. The van der Waals surface area contributed by atoms with Crippen LogP contribution in [-0.4, -0.2) is 74.8 Å². The number of amides is 2. The molecule has 13 heteroatoms. The molecule has 2 atom stereocenters. The lowest BCUT2D eigenvalue weighted by Crippen LogP contribution is -2.54. The lowest BCUT2D eigenvalue weighted by molar-refractivity contribution is -0.143. The van der Waals surface area contributed by atoms with E-state index in [1.807, 2.05) is 31.2 Å². The van der Waals surface area contributed by atoms with Crippen LogP contribution in [0.5, 0.6) is 5.75 Å². The number of carbonyl (C=O) groups is 2. The largest absolute Gasteiger partial charge is 0.497 e. The summed E-state index contributed by atoms with van der Waals surface area (Å²) in [6.45, 7) is 12.2. The van der Waals surface area contributed by atoms with Gasteiger partial charge < -0.3 is 14.4 Å². The van der Waals surface area contributed by atoms with Gasteiger partial charge in [0.05, 0.1) is 19.0 Å². The van der Waals surface area contributed by atoms with Gasteiger partial charge in [-0.2, -0.15) is 18.3 Å². The summed E-state index contributed by atoms with van der Waals surface area (Å²) < 4.78 is 54.4. The summed E-state index contributed by atoms with van der Waals surface area (Å²) in [6.07, 6.45) is -4.10. The Morgan fingerprint density at radius 2 is 1.68 bits per heavy atom. The SMILES string of the molecule is COc1ccc(-c2nc3c(C(=O)N4CCN([C@@H](C)c5ccc(NC(=O)OC(C)(C)C)cc5)C[C@H]4C)cnn3c(C(F)(F)F)c2C)cc1. The molecule has 1 fully saturated rings. The summed E-state index contributed by atoms with van der Waals surface area (Å²) in [5.74, 6) is 0.126.